The maximum atomic E-state index is 12.0. The van der Waals surface area contributed by atoms with Crippen LogP contribution in [0.2, 0.25) is 0 Å². The van der Waals surface area contributed by atoms with E-state index >= 15 is 0 Å². The van der Waals surface area contributed by atoms with Crippen LogP contribution in [0.15, 0.2) is 18.2 Å². The summed E-state index contributed by atoms with van der Waals surface area (Å²) in [7, 11) is 0. The average molecular weight is 391 g/mol. The van der Waals surface area contributed by atoms with Crippen LogP contribution in [-0.2, 0) is 4.79 Å². The van der Waals surface area contributed by atoms with Gasteiger partial charge in [-0.25, -0.2) is 0 Å². The minimum absolute atomic E-state index is 0.00758. The third-order valence-corrected chi connectivity index (χ3v) is 5.09. The molecule has 2 N–H and O–H groups in total. The summed E-state index contributed by atoms with van der Waals surface area (Å²) in [5.41, 5.74) is 3.28. The van der Waals surface area contributed by atoms with Gasteiger partial charge >= 0.3 is 0 Å². The highest BCUT2D eigenvalue weighted by molar-refractivity contribution is 7.80. The molecule has 0 atom stereocenters. The molecular weight excluding hydrogens is 352 g/mol. The second-order valence-corrected chi connectivity index (χ2v) is 8.01. The van der Waals surface area contributed by atoms with E-state index < -0.39 is 0 Å². The van der Waals surface area contributed by atoms with Crippen LogP contribution < -0.4 is 10.6 Å². The summed E-state index contributed by atoms with van der Waals surface area (Å²) in [5, 5.41) is 6.28. The van der Waals surface area contributed by atoms with E-state index in [0.717, 1.165) is 24.1 Å². The van der Waals surface area contributed by atoms with E-state index in [4.69, 9.17) is 12.2 Å². The van der Waals surface area contributed by atoms with Crippen molar-refractivity contribution < 1.29 is 4.79 Å². The fourth-order valence-electron chi connectivity index (χ4n) is 3.25. The molecule has 4 heteroatoms. The molecule has 0 spiro atoms. The molecule has 152 valence electrons. The Morgan fingerprint density at radius 2 is 1.44 bits per heavy atom. The zero-order valence-corrected chi connectivity index (χ0v) is 18.4. The number of hydrogen-bond acceptors (Lipinski definition) is 2. The van der Waals surface area contributed by atoms with Crippen molar-refractivity contribution in [2.75, 3.05) is 5.32 Å². The Bertz CT molecular complexity index is 571. The molecule has 1 rings (SSSR count). The molecule has 1 aromatic carbocycles. The number of rotatable bonds is 13. The Morgan fingerprint density at radius 3 is 2.00 bits per heavy atom. The summed E-state index contributed by atoms with van der Waals surface area (Å²) in [6, 6.07) is 6.12. The summed E-state index contributed by atoms with van der Waals surface area (Å²) in [5.74, 6) is 0.00758. The average Bonchev–Trinajstić information content (AvgIpc) is 2.62. The third-order valence-electron chi connectivity index (χ3n) is 4.89. The summed E-state index contributed by atoms with van der Waals surface area (Å²) in [4.78, 5) is 12.0. The Kier molecular flexibility index (Phi) is 12.8. The van der Waals surface area contributed by atoms with Gasteiger partial charge in [-0.3, -0.25) is 4.79 Å². The van der Waals surface area contributed by atoms with E-state index in [1.807, 2.05) is 19.1 Å². The number of carbonyl (C=O) groups is 1. The highest BCUT2D eigenvalue weighted by atomic mass is 32.1. The van der Waals surface area contributed by atoms with Gasteiger partial charge in [-0.05, 0) is 44.1 Å². The Hall–Kier alpha value is -1.42. The molecule has 0 saturated heterocycles. The van der Waals surface area contributed by atoms with E-state index in [0.29, 0.717) is 11.5 Å². The lowest BCUT2D eigenvalue weighted by atomic mass is 10.1. The number of hydrogen-bond donors (Lipinski definition) is 2. The van der Waals surface area contributed by atoms with E-state index in [1.54, 1.807) is 0 Å². The monoisotopic (exact) mass is 390 g/mol. The van der Waals surface area contributed by atoms with Crippen molar-refractivity contribution in [2.24, 2.45) is 0 Å². The lowest BCUT2D eigenvalue weighted by molar-refractivity contribution is -0.119. The quantitative estimate of drug-likeness (QED) is 0.287. The van der Waals surface area contributed by atoms with Crippen molar-refractivity contribution in [1.29, 1.82) is 0 Å². The highest BCUT2D eigenvalue weighted by Gasteiger charge is 2.06. The topological polar surface area (TPSA) is 41.1 Å². The SMILES string of the molecule is CCCCCCCCCCCCCC(=O)NC(=S)Nc1ccc(C)cc1C. The van der Waals surface area contributed by atoms with Crippen molar-refractivity contribution in [3.8, 4) is 0 Å². The van der Waals surface area contributed by atoms with Gasteiger partial charge in [-0.1, -0.05) is 88.8 Å². The first kappa shape index (κ1) is 23.6. The van der Waals surface area contributed by atoms with Gasteiger partial charge < -0.3 is 10.6 Å². The van der Waals surface area contributed by atoms with Gasteiger partial charge in [0.25, 0.3) is 0 Å². The number of carbonyl (C=O) groups excluding carboxylic acids is 1. The smallest absolute Gasteiger partial charge is 0.226 e. The van der Waals surface area contributed by atoms with E-state index in [9.17, 15) is 4.79 Å². The number of benzene rings is 1. The molecule has 0 aliphatic carbocycles. The maximum absolute atomic E-state index is 12.0. The molecule has 0 bridgehead atoms. The fraction of sp³-hybridized carbons (Fsp3) is 0.652. The number of amides is 1. The molecule has 1 aromatic rings. The highest BCUT2D eigenvalue weighted by Crippen LogP contribution is 2.16. The van der Waals surface area contributed by atoms with Crippen molar-refractivity contribution >= 4 is 28.9 Å². The van der Waals surface area contributed by atoms with E-state index in [1.165, 1.54) is 63.4 Å². The molecule has 0 aliphatic rings. The van der Waals surface area contributed by atoms with Gasteiger partial charge in [0.05, 0.1) is 0 Å². The first-order chi connectivity index (χ1) is 13.0. The molecule has 0 aromatic heterocycles. The van der Waals surface area contributed by atoms with Crippen LogP contribution in [0.4, 0.5) is 5.69 Å². The third kappa shape index (κ3) is 11.8. The molecule has 0 fully saturated rings. The number of nitrogens with one attached hydrogen (secondary N) is 2. The molecule has 0 unspecified atom stereocenters. The normalized spacial score (nSPS) is 10.6. The minimum atomic E-state index is 0.00758. The molecule has 3 nitrogen and oxygen atoms in total. The maximum Gasteiger partial charge on any atom is 0.226 e. The van der Waals surface area contributed by atoms with Gasteiger partial charge in [0.15, 0.2) is 5.11 Å². The Labute approximate surface area is 171 Å². The van der Waals surface area contributed by atoms with E-state index in [2.05, 4.69) is 30.5 Å². The van der Waals surface area contributed by atoms with Gasteiger partial charge in [-0.15, -0.1) is 0 Å². The summed E-state index contributed by atoms with van der Waals surface area (Å²) < 4.78 is 0. The molecule has 1 amide bonds. The van der Waals surface area contributed by atoms with Crippen LogP contribution in [0.1, 0.15) is 95.1 Å². The van der Waals surface area contributed by atoms with Crippen molar-refractivity contribution in [1.82, 2.24) is 5.32 Å². The minimum Gasteiger partial charge on any atom is -0.332 e. The second kappa shape index (κ2) is 14.6. The van der Waals surface area contributed by atoms with Gasteiger partial charge in [0.2, 0.25) is 5.91 Å². The lowest BCUT2D eigenvalue weighted by Gasteiger charge is -2.12. The first-order valence-corrected chi connectivity index (χ1v) is 11.1. The van der Waals surface area contributed by atoms with Crippen LogP contribution in [0, 0.1) is 13.8 Å². The van der Waals surface area contributed by atoms with Crippen LogP contribution in [0.5, 0.6) is 0 Å². The van der Waals surface area contributed by atoms with E-state index in [-0.39, 0.29) is 5.91 Å². The van der Waals surface area contributed by atoms with Gasteiger partial charge in [-0.2, -0.15) is 0 Å². The zero-order valence-electron chi connectivity index (χ0n) is 17.5. The zero-order chi connectivity index (χ0) is 19.9. The van der Waals surface area contributed by atoms with Crippen molar-refractivity contribution in [3.05, 3.63) is 29.3 Å². The Balaban J connectivity index is 2.03. The summed E-state index contributed by atoms with van der Waals surface area (Å²) in [6.07, 6.45) is 14.7. The molecule has 0 aliphatic heterocycles. The predicted molar refractivity (Wildman–Crippen MR) is 121 cm³/mol. The number of unbranched alkanes of at least 4 members (excludes halogenated alkanes) is 10. The number of thiocarbonyl (C=S) groups is 1. The van der Waals surface area contributed by atoms with Crippen LogP contribution >= 0.6 is 12.2 Å². The second-order valence-electron chi connectivity index (χ2n) is 7.61. The molecule has 0 saturated carbocycles. The van der Waals surface area contributed by atoms with Gasteiger partial charge in [0.1, 0.15) is 0 Å². The van der Waals surface area contributed by atoms with Crippen LogP contribution in [0.25, 0.3) is 0 Å². The predicted octanol–water partition coefficient (Wildman–Crippen LogP) is 6.82. The summed E-state index contributed by atoms with van der Waals surface area (Å²) >= 11 is 5.25. The standard InChI is InChI=1S/C23H38N2OS/c1-4-5-6-7-8-9-10-11-12-13-14-15-22(26)25-23(27)24-21-17-16-19(2)18-20(21)3/h16-18H,4-15H2,1-3H3,(H2,24,25,26,27). The van der Waals surface area contributed by atoms with Crippen molar-refractivity contribution in [2.45, 2.75) is 97.8 Å². The summed E-state index contributed by atoms with van der Waals surface area (Å²) in [6.45, 7) is 6.35. The molecule has 27 heavy (non-hydrogen) atoms. The fourth-order valence-corrected chi connectivity index (χ4v) is 3.47. The number of aryl methyl sites for hydroxylation is 2. The Morgan fingerprint density at radius 1 is 0.889 bits per heavy atom. The molecule has 0 radical (unpaired) electrons. The molecule has 0 heterocycles. The molecular formula is C23H38N2OS. The van der Waals surface area contributed by atoms with Crippen molar-refractivity contribution in [3.63, 3.8) is 0 Å². The first-order valence-electron chi connectivity index (χ1n) is 10.7. The number of anilines is 1. The largest absolute Gasteiger partial charge is 0.332 e. The van der Waals surface area contributed by atoms with Gasteiger partial charge in [0, 0.05) is 12.1 Å². The van der Waals surface area contributed by atoms with Crippen LogP contribution in [-0.4, -0.2) is 11.0 Å². The van der Waals surface area contributed by atoms with Crippen LogP contribution in [0.3, 0.4) is 0 Å². The lowest BCUT2D eigenvalue weighted by Crippen LogP contribution is -2.34.